The second kappa shape index (κ2) is 7.35. The van der Waals surface area contributed by atoms with Crippen molar-refractivity contribution in [1.82, 2.24) is 0 Å². The first-order valence-corrected chi connectivity index (χ1v) is 8.16. The van der Waals surface area contributed by atoms with Gasteiger partial charge < -0.3 is 19.1 Å². The first-order valence-electron chi connectivity index (χ1n) is 8.16. The largest absolute Gasteiger partial charge is 0.493 e. The quantitative estimate of drug-likeness (QED) is 0.693. The van der Waals surface area contributed by atoms with Crippen LogP contribution in [0, 0.1) is 0 Å². The van der Waals surface area contributed by atoms with E-state index in [-0.39, 0.29) is 5.91 Å². The first kappa shape index (κ1) is 17.6. The first-order chi connectivity index (χ1) is 12.6. The summed E-state index contributed by atoms with van der Waals surface area (Å²) in [6, 6.07) is 17.0. The lowest BCUT2D eigenvalue weighted by Crippen LogP contribution is -2.26. The van der Waals surface area contributed by atoms with Gasteiger partial charge in [0, 0.05) is 24.7 Å². The summed E-state index contributed by atoms with van der Waals surface area (Å²) in [5.74, 6) is 1.37. The molecule has 3 aromatic rings. The molecule has 0 aliphatic carbocycles. The number of amides is 1. The van der Waals surface area contributed by atoms with Gasteiger partial charge in [0.2, 0.25) is 5.75 Å². The number of methoxy groups -OCH3 is 3. The molecule has 0 radical (unpaired) electrons. The number of carbonyl (C=O) groups is 1. The number of rotatable bonds is 5. The highest BCUT2D eigenvalue weighted by atomic mass is 16.5. The summed E-state index contributed by atoms with van der Waals surface area (Å²) < 4.78 is 16.1. The summed E-state index contributed by atoms with van der Waals surface area (Å²) in [4.78, 5) is 14.7. The molecular formula is C21H21NO4. The van der Waals surface area contributed by atoms with E-state index in [4.69, 9.17) is 14.2 Å². The average Bonchev–Trinajstić information content (AvgIpc) is 2.70. The van der Waals surface area contributed by atoms with E-state index in [1.807, 2.05) is 42.5 Å². The van der Waals surface area contributed by atoms with Gasteiger partial charge in [-0.1, -0.05) is 36.4 Å². The summed E-state index contributed by atoms with van der Waals surface area (Å²) in [6.45, 7) is 0. The van der Waals surface area contributed by atoms with Gasteiger partial charge >= 0.3 is 0 Å². The SMILES string of the molecule is COc1cc(N(C)C(=O)c2cccc3ccccc23)cc(OC)c1OC. The molecule has 0 heterocycles. The maximum atomic E-state index is 13.1. The molecule has 26 heavy (non-hydrogen) atoms. The predicted molar refractivity (Wildman–Crippen MR) is 103 cm³/mol. The molecule has 0 fully saturated rings. The Labute approximate surface area is 152 Å². The number of hydrogen-bond donors (Lipinski definition) is 0. The van der Waals surface area contributed by atoms with E-state index < -0.39 is 0 Å². The molecular weight excluding hydrogens is 330 g/mol. The lowest BCUT2D eigenvalue weighted by atomic mass is 10.0. The van der Waals surface area contributed by atoms with E-state index in [1.165, 1.54) is 0 Å². The van der Waals surface area contributed by atoms with Crippen LogP contribution in [0.5, 0.6) is 17.2 Å². The second-order valence-corrected chi connectivity index (χ2v) is 5.77. The van der Waals surface area contributed by atoms with Gasteiger partial charge in [0.15, 0.2) is 11.5 Å². The number of fused-ring (bicyclic) bond motifs is 1. The molecule has 0 spiro atoms. The van der Waals surface area contributed by atoms with Gasteiger partial charge in [-0.25, -0.2) is 0 Å². The minimum Gasteiger partial charge on any atom is -0.493 e. The van der Waals surface area contributed by atoms with Crippen molar-refractivity contribution in [2.24, 2.45) is 0 Å². The fraction of sp³-hybridized carbons (Fsp3) is 0.190. The smallest absolute Gasteiger partial charge is 0.258 e. The summed E-state index contributed by atoms with van der Waals surface area (Å²) >= 11 is 0. The van der Waals surface area contributed by atoms with Crippen molar-refractivity contribution in [3.8, 4) is 17.2 Å². The number of ether oxygens (including phenoxy) is 3. The number of anilines is 1. The van der Waals surface area contributed by atoms with Crippen LogP contribution >= 0.6 is 0 Å². The molecule has 5 nitrogen and oxygen atoms in total. The lowest BCUT2D eigenvalue weighted by molar-refractivity contribution is 0.0994. The number of nitrogens with zero attached hydrogens (tertiary/aromatic N) is 1. The maximum Gasteiger partial charge on any atom is 0.258 e. The van der Waals surface area contributed by atoms with Gasteiger partial charge in [0.05, 0.1) is 27.0 Å². The third-order valence-corrected chi connectivity index (χ3v) is 4.36. The topological polar surface area (TPSA) is 48.0 Å². The molecule has 134 valence electrons. The Bertz CT molecular complexity index is 921. The minimum atomic E-state index is -0.115. The van der Waals surface area contributed by atoms with Crippen molar-refractivity contribution >= 4 is 22.4 Å². The second-order valence-electron chi connectivity index (χ2n) is 5.77. The summed E-state index contributed by atoms with van der Waals surface area (Å²) in [6.07, 6.45) is 0. The van der Waals surface area contributed by atoms with Gasteiger partial charge in [-0.15, -0.1) is 0 Å². The van der Waals surface area contributed by atoms with Crippen molar-refractivity contribution in [1.29, 1.82) is 0 Å². The predicted octanol–water partition coefficient (Wildman–Crippen LogP) is 4.14. The van der Waals surface area contributed by atoms with E-state index in [1.54, 1.807) is 45.4 Å². The third kappa shape index (κ3) is 3.04. The van der Waals surface area contributed by atoms with Crippen LogP contribution in [0.3, 0.4) is 0 Å². The van der Waals surface area contributed by atoms with Crippen molar-refractivity contribution in [3.63, 3.8) is 0 Å². The molecule has 0 bridgehead atoms. The highest BCUT2D eigenvalue weighted by Gasteiger charge is 2.20. The van der Waals surface area contributed by atoms with E-state index >= 15 is 0 Å². The van der Waals surface area contributed by atoms with Crippen LogP contribution in [0.25, 0.3) is 10.8 Å². The van der Waals surface area contributed by atoms with Crippen LogP contribution in [-0.2, 0) is 0 Å². The van der Waals surface area contributed by atoms with Gasteiger partial charge in [0.25, 0.3) is 5.91 Å². The zero-order valence-corrected chi connectivity index (χ0v) is 15.3. The Morgan fingerprint density at radius 1 is 0.846 bits per heavy atom. The van der Waals surface area contributed by atoms with E-state index in [2.05, 4.69) is 0 Å². The highest BCUT2D eigenvalue weighted by Crippen LogP contribution is 2.41. The monoisotopic (exact) mass is 351 g/mol. The minimum absolute atomic E-state index is 0.115. The van der Waals surface area contributed by atoms with Crippen molar-refractivity contribution in [3.05, 3.63) is 60.2 Å². The van der Waals surface area contributed by atoms with Crippen LogP contribution in [0.4, 0.5) is 5.69 Å². The molecule has 0 saturated carbocycles. The van der Waals surface area contributed by atoms with E-state index in [0.717, 1.165) is 10.8 Å². The van der Waals surface area contributed by atoms with Gasteiger partial charge in [0.1, 0.15) is 0 Å². The molecule has 0 saturated heterocycles. The zero-order valence-electron chi connectivity index (χ0n) is 15.3. The summed E-state index contributed by atoms with van der Waals surface area (Å²) in [5, 5.41) is 1.94. The Balaban J connectivity index is 2.06. The Hall–Kier alpha value is -3.21. The van der Waals surface area contributed by atoms with Crippen LogP contribution in [-0.4, -0.2) is 34.3 Å². The van der Waals surface area contributed by atoms with Crippen LogP contribution in [0.2, 0.25) is 0 Å². The highest BCUT2D eigenvalue weighted by molar-refractivity contribution is 6.14. The van der Waals surface area contributed by atoms with Crippen LogP contribution in [0.1, 0.15) is 10.4 Å². The van der Waals surface area contributed by atoms with E-state index in [9.17, 15) is 4.79 Å². The van der Waals surface area contributed by atoms with Crippen molar-refractivity contribution in [2.75, 3.05) is 33.3 Å². The molecule has 0 aromatic heterocycles. The summed E-state index contributed by atoms with van der Waals surface area (Å²) in [5.41, 5.74) is 1.29. The third-order valence-electron chi connectivity index (χ3n) is 4.36. The molecule has 0 N–H and O–H groups in total. The Morgan fingerprint density at radius 2 is 1.46 bits per heavy atom. The Morgan fingerprint density at radius 3 is 2.08 bits per heavy atom. The van der Waals surface area contributed by atoms with Crippen LogP contribution < -0.4 is 19.1 Å². The average molecular weight is 351 g/mol. The molecule has 0 atom stereocenters. The number of hydrogen-bond acceptors (Lipinski definition) is 4. The van der Waals surface area contributed by atoms with Gasteiger partial charge in [-0.05, 0) is 16.8 Å². The molecule has 3 rings (SSSR count). The van der Waals surface area contributed by atoms with Gasteiger partial charge in [-0.3, -0.25) is 4.79 Å². The molecule has 5 heteroatoms. The molecule has 0 aliphatic heterocycles. The normalized spacial score (nSPS) is 10.5. The fourth-order valence-electron chi connectivity index (χ4n) is 2.97. The molecule has 1 amide bonds. The summed E-state index contributed by atoms with van der Waals surface area (Å²) in [7, 11) is 6.37. The number of benzene rings is 3. The van der Waals surface area contributed by atoms with E-state index in [0.29, 0.717) is 28.5 Å². The standard InChI is InChI=1S/C21H21NO4/c1-22(15-12-18(24-2)20(26-4)19(13-15)25-3)21(23)17-11-7-9-14-8-5-6-10-16(14)17/h5-13H,1-4H3. The molecule has 3 aromatic carbocycles. The zero-order chi connectivity index (χ0) is 18.7. The van der Waals surface area contributed by atoms with Crippen molar-refractivity contribution in [2.45, 2.75) is 0 Å². The molecule has 0 aliphatic rings. The Kier molecular flexibility index (Phi) is 4.98. The lowest BCUT2D eigenvalue weighted by Gasteiger charge is -2.21. The maximum absolute atomic E-state index is 13.1. The van der Waals surface area contributed by atoms with Crippen molar-refractivity contribution < 1.29 is 19.0 Å². The van der Waals surface area contributed by atoms with Crippen LogP contribution in [0.15, 0.2) is 54.6 Å². The number of carbonyl (C=O) groups excluding carboxylic acids is 1. The fourth-order valence-corrected chi connectivity index (χ4v) is 2.97. The van der Waals surface area contributed by atoms with Gasteiger partial charge in [-0.2, -0.15) is 0 Å². The molecule has 0 unspecified atom stereocenters.